The van der Waals surface area contributed by atoms with Crippen molar-refractivity contribution in [3.8, 4) is 0 Å². The van der Waals surface area contributed by atoms with Crippen molar-refractivity contribution in [2.45, 2.75) is 174 Å². The summed E-state index contributed by atoms with van der Waals surface area (Å²) in [5, 5.41) is 0. The van der Waals surface area contributed by atoms with Crippen molar-refractivity contribution in [2.75, 3.05) is 60.7 Å². The average molecular weight is 754 g/mol. The molecule has 0 aromatic rings. The maximum absolute atomic E-state index is 12.4. The van der Waals surface area contributed by atoms with Gasteiger partial charge in [-0.2, -0.15) is 0 Å². The fourth-order valence-corrected chi connectivity index (χ4v) is 6.30. The Labute approximate surface area is 322 Å². The van der Waals surface area contributed by atoms with Crippen molar-refractivity contribution in [1.82, 2.24) is 0 Å². The molecule has 0 aliphatic carbocycles. The van der Waals surface area contributed by atoms with Gasteiger partial charge in [0.15, 0.2) is 0 Å². The Bertz CT molecular complexity index is 913. The molecule has 0 heterocycles. The summed E-state index contributed by atoms with van der Waals surface area (Å²) in [6.07, 6.45) is 46.9. The van der Waals surface area contributed by atoms with Crippen LogP contribution in [0.1, 0.15) is 168 Å². The van der Waals surface area contributed by atoms with Crippen LogP contribution >= 0.6 is 7.82 Å². The minimum atomic E-state index is -4.40. The maximum atomic E-state index is 12.4. The highest BCUT2D eigenvalue weighted by molar-refractivity contribution is 7.45. The standard InChI is InChI=1S/C44H84NO6P/c1-6-8-10-12-14-16-18-20-22-23-24-25-27-29-31-33-35-37-40-49-44(43-51-52(46,47)50-41-38-45(3,4)5)42-48-39-36-34-32-30-28-26-21-19-17-15-13-11-9-7-2/h14,16,20,22,24-25,29,31,44H,6-13,15,17-19,21,23,26-28,30,32-43H2,1-5H3/b16-14-,22-20-,25-24-,31-29-/t44-/m0/s1. The van der Waals surface area contributed by atoms with E-state index in [2.05, 4.69) is 62.5 Å². The quantitative estimate of drug-likeness (QED) is 0.0268. The Kier molecular flexibility index (Phi) is 37.5. The van der Waals surface area contributed by atoms with Gasteiger partial charge in [-0.15, -0.1) is 0 Å². The van der Waals surface area contributed by atoms with Gasteiger partial charge < -0.3 is 27.9 Å². The summed E-state index contributed by atoms with van der Waals surface area (Å²) in [4.78, 5) is 12.4. The van der Waals surface area contributed by atoms with Gasteiger partial charge in [-0.3, -0.25) is 4.57 Å². The molecule has 0 fully saturated rings. The zero-order chi connectivity index (χ0) is 38.3. The van der Waals surface area contributed by atoms with Crippen molar-refractivity contribution < 1.29 is 32.5 Å². The highest BCUT2D eigenvalue weighted by atomic mass is 31.2. The first-order valence-electron chi connectivity index (χ1n) is 21.4. The van der Waals surface area contributed by atoms with E-state index in [4.69, 9.17) is 18.5 Å². The fourth-order valence-electron chi connectivity index (χ4n) is 5.57. The molecule has 52 heavy (non-hydrogen) atoms. The minimum absolute atomic E-state index is 0.0862. The van der Waals surface area contributed by atoms with Gasteiger partial charge in [0, 0.05) is 13.2 Å². The number of phosphoric ester groups is 1. The molecule has 0 aromatic heterocycles. The Morgan fingerprint density at radius 1 is 0.519 bits per heavy atom. The van der Waals surface area contributed by atoms with Crippen molar-refractivity contribution in [1.29, 1.82) is 0 Å². The van der Waals surface area contributed by atoms with Gasteiger partial charge in [0.05, 0.1) is 34.4 Å². The summed E-state index contributed by atoms with van der Waals surface area (Å²) < 4.78 is 35.2. The molecule has 0 saturated carbocycles. The molecule has 0 rings (SSSR count). The number of rotatable bonds is 40. The maximum Gasteiger partial charge on any atom is 0.268 e. The molecule has 306 valence electrons. The van der Waals surface area contributed by atoms with Gasteiger partial charge in [0.25, 0.3) is 7.82 Å². The topological polar surface area (TPSA) is 77.1 Å². The van der Waals surface area contributed by atoms with E-state index in [1.54, 1.807) is 0 Å². The molecule has 0 aliphatic rings. The Morgan fingerprint density at radius 2 is 0.942 bits per heavy atom. The largest absolute Gasteiger partial charge is 0.756 e. The van der Waals surface area contributed by atoms with Gasteiger partial charge in [-0.05, 0) is 57.8 Å². The van der Waals surface area contributed by atoms with E-state index in [1.807, 2.05) is 21.1 Å². The lowest BCUT2D eigenvalue weighted by atomic mass is 10.0. The first kappa shape index (κ1) is 51.0. The highest BCUT2D eigenvalue weighted by Gasteiger charge is 2.17. The van der Waals surface area contributed by atoms with Crippen LogP contribution in [0.3, 0.4) is 0 Å². The Morgan fingerprint density at radius 3 is 1.44 bits per heavy atom. The normalized spacial score (nSPS) is 14.5. The number of unbranched alkanes of at least 4 members (excludes halogenated alkanes) is 18. The molecular weight excluding hydrogens is 669 g/mol. The minimum Gasteiger partial charge on any atom is -0.756 e. The van der Waals surface area contributed by atoms with Crippen LogP contribution < -0.4 is 4.89 Å². The number of nitrogens with zero attached hydrogens (tertiary/aromatic N) is 1. The van der Waals surface area contributed by atoms with Crippen LogP contribution in [0.15, 0.2) is 48.6 Å². The summed E-state index contributed by atoms with van der Waals surface area (Å²) in [5.74, 6) is 0. The summed E-state index contributed by atoms with van der Waals surface area (Å²) in [5.41, 5.74) is 0. The van der Waals surface area contributed by atoms with Crippen LogP contribution in [-0.2, 0) is 23.1 Å². The van der Waals surface area contributed by atoms with E-state index < -0.39 is 13.9 Å². The van der Waals surface area contributed by atoms with E-state index in [-0.39, 0.29) is 13.2 Å². The highest BCUT2D eigenvalue weighted by Crippen LogP contribution is 2.38. The lowest BCUT2D eigenvalue weighted by Gasteiger charge is -2.28. The number of hydrogen-bond donors (Lipinski definition) is 0. The van der Waals surface area contributed by atoms with Crippen LogP contribution in [0, 0.1) is 0 Å². The van der Waals surface area contributed by atoms with E-state index in [0.29, 0.717) is 30.8 Å². The average Bonchev–Trinajstić information content (AvgIpc) is 3.10. The van der Waals surface area contributed by atoms with E-state index in [0.717, 1.165) is 51.4 Å². The predicted molar refractivity (Wildman–Crippen MR) is 222 cm³/mol. The van der Waals surface area contributed by atoms with Crippen molar-refractivity contribution in [2.24, 2.45) is 0 Å². The van der Waals surface area contributed by atoms with Crippen molar-refractivity contribution >= 4 is 7.82 Å². The predicted octanol–water partition coefficient (Wildman–Crippen LogP) is 12.2. The molecule has 8 heteroatoms. The van der Waals surface area contributed by atoms with Gasteiger partial charge >= 0.3 is 0 Å². The van der Waals surface area contributed by atoms with Crippen LogP contribution in [-0.4, -0.2) is 71.3 Å². The van der Waals surface area contributed by atoms with E-state index >= 15 is 0 Å². The second kappa shape index (κ2) is 38.2. The number of phosphoric acid groups is 1. The van der Waals surface area contributed by atoms with Crippen molar-refractivity contribution in [3.63, 3.8) is 0 Å². The lowest BCUT2D eigenvalue weighted by molar-refractivity contribution is -0.870. The third-order valence-electron chi connectivity index (χ3n) is 8.95. The zero-order valence-corrected chi connectivity index (χ0v) is 35.6. The van der Waals surface area contributed by atoms with Crippen LogP contribution in [0.25, 0.3) is 0 Å². The first-order valence-corrected chi connectivity index (χ1v) is 22.9. The second-order valence-corrected chi connectivity index (χ2v) is 16.7. The van der Waals surface area contributed by atoms with Crippen molar-refractivity contribution in [3.05, 3.63) is 48.6 Å². The molecule has 0 spiro atoms. The first-order chi connectivity index (χ1) is 25.2. The van der Waals surface area contributed by atoms with Gasteiger partial charge in [0.2, 0.25) is 0 Å². The van der Waals surface area contributed by atoms with E-state index in [1.165, 1.54) is 103 Å². The molecule has 0 radical (unpaired) electrons. The number of likely N-dealkylation sites (N-methyl/N-ethyl adjacent to an activating group) is 1. The molecule has 1 unspecified atom stereocenters. The van der Waals surface area contributed by atoms with E-state index in [9.17, 15) is 9.46 Å². The second-order valence-electron chi connectivity index (χ2n) is 15.3. The van der Waals surface area contributed by atoms with Crippen LogP contribution in [0.5, 0.6) is 0 Å². The fraction of sp³-hybridized carbons (Fsp3) is 0.818. The monoisotopic (exact) mass is 754 g/mol. The van der Waals surface area contributed by atoms with Gasteiger partial charge in [-0.1, -0.05) is 159 Å². The van der Waals surface area contributed by atoms with Crippen LogP contribution in [0.2, 0.25) is 0 Å². The molecule has 2 atom stereocenters. The Balaban J connectivity index is 4.22. The summed E-state index contributed by atoms with van der Waals surface area (Å²) >= 11 is 0. The summed E-state index contributed by atoms with van der Waals surface area (Å²) in [6, 6.07) is 0. The van der Waals surface area contributed by atoms with Crippen LogP contribution in [0.4, 0.5) is 0 Å². The van der Waals surface area contributed by atoms with Gasteiger partial charge in [-0.25, -0.2) is 0 Å². The third kappa shape index (κ3) is 41.7. The number of quaternary nitrogens is 1. The molecule has 0 aromatic carbocycles. The molecule has 0 saturated heterocycles. The molecular formula is C44H84NO6P. The molecule has 0 aliphatic heterocycles. The SMILES string of the molecule is CCCCC/C=C\C/C=C\C/C=C\C/C=C\CCCCO[C@@H](COCCCCCCCCCCCCCCCC)COP(=O)([O-])OCC[N+](C)(C)C. The molecule has 0 N–H and O–H groups in total. The Hall–Kier alpha value is -1.05. The lowest BCUT2D eigenvalue weighted by Crippen LogP contribution is -2.37. The number of ether oxygens (including phenoxy) is 2. The molecule has 0 bridgehead atoms. The summed E-state index contributed by atoms with van der Waals surface area (Å²) in [7, 11) is 1.56. The third-order valence-corrected chi connectivity index (χ3v) is 9.92. The summed E-state index contributed by atoms with van der Waals surface area (Å²) in [6.45, 7) is 6.58. The number of hydrogen-bond acceptors (Lipinski definition) is 6. The zero-order valence-electron chi connectivity index (χ0n) is 34.8. The smallest absolute Gasteiger partial charge is 0.268 e. The number of allylic oxidation sites excluding steroid dienone is 8. The molecule has 7 nitrogen and oxygen atoms in total. The van der Waals surface area contributed by atoms with Gasteiger partial charge in [0.1, 0.15) is 19.3 Å². The molecule has 0 amide bonds.